The molecule has 0 amide bonds. The summed E-state index contributed by atoms with van der Waals surface area (Å²) in [5, 5.41) is 0. The molecular formula is C15H23NOS. The molecule has 0 aliphatic carbocycles. The summed E-state index contributed by atoms with van der Waals surface area (Å²) >= 11 is 1.99. The fraction of sp³-hybridized carbons (Fsp3) is 0.600. The van der Waals surface area contributed by atoms with Crippen molar-refractivity contribution in [3.8, 4) is 5.75 Å². The lowest BCUT2D eigenvalue weighted by atomic mass is 9.95. The zero-order valence-corrected chi connectivity index (χ0v) is 12.1. The number of hydrogen-bond acceptors (Lipinski definition) is 3. The molecule has 100 valence electrons. The number of para-hydroxylation sites is 1. The van der Waals surface area contributed by atoms with Crippen LogP contribution in [0.5, 0.6) is 5.75 Å². The van der Waals surface area contributed by atoms with Gasteiger partial charge in [0.05, 0.1) is 0 Å². The van der Waals surface area contributed by atoms with Gasteiger partial charge in [-0.1, -0.05) is 18.2 Å². The normalized spacial score (nSPS) is 20.7. The molecule has 0 aromatic heterocycles. The van der Waals surface area contributed by atoms with E-state index in [4.69, 9.17) is 10.5 Å². The molecule has 3 heteroatoms. The average molecular weight is 265 g/mol. The van der Waals surface area contributed by atoms with Crippen molar-refractivity contribution in [1.29, 1.82) is 0 Å². The van der Waals surface area contributed by atoms with Crippen LogP contribution in [0.15, 0.2) is 24.3 Å². The third-order valence-electron chi connectivity index (χ3n) is 3.03. The molecule has 1 aromatic carbocycles. The highest BCUT2D eigenvalue weighted by atomic mass is 32.2. The van der Waals surface area contributed by atoms with Crippen molar-refractivity contribution in [3.63, 3.8) is 0 Å². The summed E-state index contributed by atoms with van der Waals surface area (Å²) in [6.45, 7) is 4.11. The Morgan fingerprint density at radius 1 is 1.39 bits per heavy atom. The van der Waals surface area contributed by atoms with Crippen LogP contribution in [-0.2, 0) is 6.42 Å². The molecule has 0 radical (unpaired) electrons. The molecule has 1 fully saturated rings. The number of hydrogen-bond donors (Lipinski definition) is 1. The summed E-state index contributed by atoms with van der Waals surface area (Å²) in [5.74, 6) is 3.40. The minimum atomic E-state index is -0.194. The molecule has 0 bridgehead atoms. The van der Waals surface area contributed by atoms with Crippen LogP contribution in [0.1, 0.15) is 32.3 Å². The molecular weight excluding hydrogens is 242 g/mol. The van der Waals surface area contributed by atoms with Gasteiger partial charge in [-0.2, -0.15) is 11.8 Å². The lowest BCUT2D eigenvalue weighted by Gasteiger charge is -2.26. The Hall–Kier alpha value is -0.670. The Kier molecular flexibility index (Phi) is 4.57. The van der Waals surface area contributed by atoms with Crippen molar-refractivity contribution in [2.45, 2.75) is 44.8 Å². The van der Waals surface area contributed by atoms with Crippen molar-refractivity contribution in [2.24, 2.45) is 5.73 Å². The van der Waals surface area contributed by atoms with E-state index in [1.54, 1.807) is 0 Å². The van der Waals surface area contributed by atoms with Crippen molar-refractivity contribution in [3.05, 3.63) is 29.8 Å². The first-order chi connectivity index (χ1) is 8.54. The SMILES string of the molecule is CC(C)(N)Cc1ccccc1OC1CCCSC1. The largest absolute Gasteiger partial charge is 0.489 e. The van der Waals surface area contributed by atoms with Crippen molar-refractivity contribution < 1.29 is 4.74 Å². The predicted octanol–water partition coefficient (Wildman–Crippen LogP) is 3.24. The van der Waals surface area contributed by atoms with E-state index in [1.807, 2.05) is 17.8 Å². The van der Waals surface area contributed by atoms with E-state index in [0.717, 1.165) is 17.9 Å². The summed E-state index contributed by atoms with van der Waals surface area (Å²) in [7, 11) is 0. The summed E-state index contributed by atoms with van der Waals surface area (Å²) in [6.07, 6.45) is 3.65. The lowest BCUT2D eigenvalue weighted by molar-refractivity contribution is 0.208. The van der Waals surface area contributed by atoms with Crippen LogP contribution in [0.4, 0.5) is 0 Å². The molecule has 1 unspecified atom stereocenters. The Balaban J connectivity index is 2.06. The third kappa shape index (κ3) is 4.21. The molecule has 1 saturated heterocycles. The maximum Gasteiger partial charge on any atom is 0.123 e. The second kappa shape index (κ2) is 5.98. The van der Waals surface area contributed by atoms with Gasteiger partial charge in [0.25, 0.3) is 0 Å². The van der Waals surface area contributed by atoms with Crippen LogP contribution in [0.3, 0.4) is 0 Å². The Labute approximate surface area is 114 Å². The fourth-order valence-electron chi connectivity index (χ4n) is 2.24. The number of ether oxygens (including phenoxy) is 1. The molecule has 1 heterocycles. The van der Waals surface area contributed by atoms with Crippen LogP contribution in [0, 0.1) is 0 Å². The number of thioether (sulfide) groups is 1. The van der Waals surface area contributed by atoms with Crippen LogP contribution in [-0.4, -0.2) is 23.1 Å². The molecule has 1 aliphatic heterocycles. The molecule has 1 aromatic rings. The summed E-state index contributed by atoms with van der Waals surface area (Å²) in [6, 6.07) is 8.29. The maximum atomic E-state index is 6.16. The van der Waals surface area contributed by atoms with Gasteiger partial charge in [-0.05, 0) is 50.5 Å². The quantitative estimate of drug-likeness (QED) is 0.907. The number of rotatable bonds is 4. The smallest absolute Gasteiger partial charge is 0.123 e. The van der Waals surface area contributed by atoms with Crippen LogP contribution < -0.4 is 10.5 Å². The highest BCUT2D eigenvalue weighted by Crippen LogP contribution is 2.27. The van der Waals surface area contributed by atoms with Gasteiger partial charge in [0, 0.05) is 11.3 Å². The molecule has 2 nitrogen and oxygen atoms in total. The average Bonchev–Trinajstić information content (AvgIpc) is 2.31. The van der Waals surface area contributed by atoms with Crippen LogP contribution >= 0.6 is 11.8 Å². The molecule has 0 spiro atoms. The molecule has 1 aliphatic rings. The van der Waals surface area contributed by atoms with Gasteiger partial charge in [-0.3, -0.25) is 0 Å². The van der Waals surface area contributed by atoms with Gasteiger partial charge in [0.15, 0.2) is 0 Å². The molecule has 2 N–H and O–H groups in total. The van der Waals surface area contributed by atoms with E-state index < -0.39 is 0 Å². The summed E-state index contributed by atoms with van der Waals surface area (Å²) < 4.78 is 6.16. The number of benzene rings is 1. The second-order valence-electron chi connectivity index (χ2n) is 5.73. The van der Waals surface area contributed by atoms with Gasteiger partial charge in [0.1, 0.15) is 11.9 Å². The van der Waals surface area contributed by atoms with Gasteiger partial charge >= 0.3 is 0 Å². The van der Waals surface area contributed by atoms with Gasteiger partial charge < -0.3 is 10.5 Å². The Bertz CT molecular complexity index is 380. The van der Waals surface area contributed by atoms with E-state index >= 15 is 0 Å². The highest BCUT2D eigenvalue weighted by molar-refractivity contribution is 7.99. The van der Waals surface area contributed by atoms with E-state index in [9.17, 15) is 0 Å². The van der Waals surface area contributed by atoms with Gasteiger partial charge in [-0.15, -0.1) is 0 Å². The first-order valence-corrected chi connectivity index (χ1v) is 7.81. The molecule has 1 atom stereocenters. The second-order valence-corrected chi connectivity index (χ2v) is 6.88. The topological polar surface area (TPSA) is 35.2 Å². The minimum absolute atomic E-state index is 0.194. The maximum absolute atomic E-state index is 6.16. The number of nitrogens with two attached hydrogens (primary N) is 1. The monoisotopic (exact) mass is 265 g/mol. The predicted molar refractivity (Wildman–Crippen MR) is 79.4 cm³/mol. The first kappa shape index (κ1) is 13.8. The molecule has 0 saturated carbocycles. The first-order valence-electron chi connectivity index (χ1n) is 6.66. The van der Waals surface area contributed by atoms with E-state index in [2.05, 4.69) is 32.0 Å². The minimum Gasteiger partial charge on any atom is -0.489 e. The van der Waals surface area contributed by atoms with Crippen LogP contribution in [0.2, 0.25) is 0 Å². The lowest BCUT2D eigenvalue weighted by Crippen LogP contribution is -2.34. The highest BCUT2D eigenvalue weighted by Gasteiger charge is 2.19. The standard InChI is InChI=1S/C15H23NOS/c1-15(2,16)10-12-6-3-4-8-14(12)17-13-7-5-9-18-11-13/h3-4,6,8,13H,5,7,9-11,16H2,1-2H3. The zero-order valence-electron chi connectivity index (χ0n) is 11.3. The van der Waals surface area contributed by atoms with E-state index in [-0.39, 0.29) is 5.54 Å². The zero-order chi connectivity index (χ0) is 13.0. The van der Waals surface area contributed by atoms with Gasteiger partial charge in [0.2, 0.25) is 0 Å². The Morgan fingerprint density at radius 3 is 2.83 bits per heavy atom. The fourth-order valence-corrected chi connectivity index (χ4v) is 3.27. The van der Waals surface area contributed by atoms with Gasteiger partial charge in [-0.25, -0.2) is 0 Å². The summed E-state index contributed by atoms with van der Waals surface area (Å²) in [4.78, 5) is 0. The van der Waals surface area contributed by atoms with E-state index in [1.165, 1.54) is 24.2 Å². The summed E-state index contributed by atoms with van der Waals surface area (Å²) in [5.41, 5.74) is 7.14. The third-order valence-corrected chi connectivity index (χ3v) is 4.22. The Morgan fingerprint density at radius 2 is 2.17 bits per heavy atom. The van der Waals surface area contributed by atoms with Crippen molar-refractivity contribution >= 4 is 11.8 Å². The van der Waals surface area contributed by atoms with Crippen molar-refractivity contribution in [2.75, 3.05) is 11.5 Å². The van der Waals surface area contributed by atoms with Crippen molar-refractivity contribution in [1.82, 2.24) is 0 Å². The van der Waals surface area contributed by atoms with Crippen LogP contribution in [0.25, 0.3) is 0 Å². The van der Waals surface area contributed by atoms with E-state index in [0.29, 0.717) is 6.10 Å². The molecule has 18 heavy (non-hydrogen) atoms. The molecule has 2 rings (SSSR count).